The molecule has 0 bridgehead atoms. The van der Waals surface area contributed by atoms with Crippen molar-refractivity contribution in [2.75, 3.05) is 13.2 Å². The molecular formula is C15H21NO4. The maximum absolute atomic E-state index is 11.9. The summed E-state index contributed by atoms with van der Waals surface area (Å²) < 4.78 is 10.9. The maximum Gasteiger partial charge on any atom is 0.410 e. The second kappa shape index (κ2) is 6.50. The molecule has 1 saturated heterocycles. The average Bonchev–Trinajstić information content (AvgIpc) is 2.86. The molecular weight excluding hydrogens is 258 g/mol. The van der Waals surface area contributed by atoms with Crippen LogP contribution in [0.25, 0.3) is 0 Å². The number of carbonyl (C=O) groups excluding carboxylic acids is 1. The lowest BCUT2D eigenvalue weighted by molar-refractivity contribution is 0.0656. The fraction of sp³-hybridized carbons (Fsp3) is 0.533. The smallest absolute Gasteiger partial charge is 0.410 e. The number of rotatable bonds is 4. The number of hydrogen-bond acceptors (Lipinski definition) is 4. The number of hydrogen-bond donors (Lipinski definition) is 1. The second-order valence-electron chi connectivity index (χ2n) is 5.23. The Hall–Kier alpha value is -1.91. The molecule has 5 nitrogen and oxygen atoms in total. The molecule has 1 atom stereocenters. The van der Waals surface area contributed by atoms with Crippen LogP contribution in [0.15, 0.2) is 24.3 Å². The van der Waals surface area contributed by atoms with Crippen LogP contribution in [-0.4, -0.2) is 41.4 Å². The first-order valence-electron chi connectivity index (χ1n) is 6.95. The van der Waals surface area contributed by atoms with Gasteiger partial charge in [-0.05, 0) is 51.0 Å². The lowest BCUT2D eigenvalue weighted by Crippen LogP contribution is -2.40. The molecule has 0 saturated carbocycles. The Morgan fingerprint density at radius 3 is 2.75 bits per heavy atom. The summed E-state index contributed by atoms with van der Waals surface area (Å²) in [7, 11) is 0. The summed E-state index contributed by atoms with van der Waals surface area (Å²) in [5, 5.41) is 9.21. The second-order valence-corrected chi connectivity index (χ2v) is 5.23. The molecule has 0 aliphatic carbocycles. The molecule has 1 amide bonds. The third-order valence-corrected chi connectivity index (χ3v) is 3.23. The van der Waals surface area contributed by atoms with Gasteiger partial charge in [0.1, 0.15) is 18.1 Å². The predicted molar refractivity (Wildman–Crippen MR) is 74.9 cm³/mol. The highest BCUT2D eigenvalue weighted by molar-refractivity contribution is 5.68. The monoisotopic (exact) mass is 279 g/mol. The summed E-state index contributed by atoms with van der Waals surface area (Å²) in [6, 6.07) is 6.63. The fourth-order valence-corrected chi connectivity index (χ4v) is 2.25. The van der Waals surface area contributed by atoms with Crippen LogP contribution in [0.3, 0.4) is 0 Å². The minimum absolute atomic E-state index is 0.0510. The third-order valence-electron chi connectivity index (χ3n) is 3.23. The first-order valence-corrected chi connectivity index (χ1v) is 6.95. The number of benzene rings is 1. The van der Waals surface area contributed by atoms with Crippen molar-refractivity contribution in [2.24, 2.45) is 0 Å². The quantitative estimate of drug-likeness (QED) is 0.920. The zero-order valence-corrected chi connectivity index (χ0v) is 11.9. The van der Waals surface area contributed by atoms with Gasteiger partial charge in [0.15, 0.2) is 0 Å². The van der Waals surface area contributed by atoms with E-state index < -0.39 is 0 Å². The molecule has 1 aromatic rings. The SMILES string of the molecule is CC(C)OC(=O)N1CCCC1COc1ccc(O)cc1. The Kier molecular flexibility index (Phi) is 4.71. The van der Waals surface area contributed by atoms with Crippen molar-refractivity contribution in [3.8, 4) is 11.5 Å². The van der Waals surface area contributed by atoms with Crippen LogP contribution in [0.2, 0.25) is 0 Å². The summed E-state index contributed by atoms with van der Waals surface area (Å²) in [5.74, 6) is 0.896. The van der Waals surface area contributed by atoms with Crippen LogP contribution < -0.4 is 4.74 Å². The van der Waals surface area contributed by atoms with E-state index in [-0.39, 0.29) is 24.0 Å². The predicted octanol–water partition coefficient (Wildman–Crippen LogP) is 2.78. The van der Waals surface area contributed by atoms with E-state index in [1.165, 1.54) is 0 Å². The third kappa shape index (κ3) is 3.79. The van der Waals surface area contributed by atoms with Crippen LogP contribution in [0.4, 0.5) is 4.79 Å². The number of nitrogens with zero attached hydrogens (tertiary/aromatic N) is 1. The van der Waals surface area contributed by atoms with Gasteiger partial charge in [-0.2, -0.15) is 0 Å². The Morgan fingerprint density at radius 1 is 1.40 bits per heavy atom. The van der Waals surface area contributed by atoms with Gasteiger partial charge in [0.2, 0.25) is 0 Å². The lowest BCUT2D eigenvalue weighted by Gasteiger charge is -2.25. The number of phenolic OH excluding ortho intramolecular Hbond substituents is 1. The van der Waals surface area contributed by atoms with Gasteiger partial charge in [0.05, 0.1) is 12.1 Å². The van der Waals surface area contributed by atoms with Gasteiger partial charge >= 0.3 is 6.09 Å². The minimum Gasteiger partial charge on any atom is -0.508 e. The summed E-state index contributed by atoms with van der Waals surface area (Å²) in [4.78, 5) is 13.7. The number of ether oxygens (including phenoxy) is 2. The standard InChI is InChI=1S/C15H21NO4/c1-11(2)20-15(18)16-9-3-4-12(16)10-19-14-7-5-13(17)6-8-14/h5-8,11-12,17H,3-4,9-10H2,1-2H3. The zero-order valence-electron chi connectivity index (χ0n) is 11.9. The van der Waals surface area contributed by atoms with E-state index in [9.17, 15) is 9.90 Å². The fourth-order valence-electron chi connectivity index (χ4n) is 2.25. The van der Waals surface area contributed by atoms with Crippen LogP contribution in [0, 0.1) is 0 Å². The summed E-state index contributed by atoms with van der Waals surface area (Å²) in [6.07, 6.45) is 1.51. The largest absolute Gasteiger partial charge is 0.508 e. The van der Waals surface area contributed by atoms with E-state index in [0.717, 1.165) is 19.4 Å². The highest BCUT2D eigenvalue weighted by Crippen LogP contribution is 2.21. The molecule has 0 spiro atoms. The highest BCUT2D eigenvalue weighted by Gasteiger charge is 2.30. The van der Waals surface area contributed by atoms with Crippen molar-refractivity contribution >= 4 is 6.09 Å². The molecule has 110 valence electrons. The summed E-state index contributed by atoms with van der Waals surface area (Å²) >= 11 is 0. The Balaban J connectivity index is 1.88. The van der Waals surface area contributed by atoms with Crippen LogP contribution in [-0.2, 0) is 4.74 Å². The van der Waals surface area contributed by atoms with E-state index in [2.05, 4.69) is 0 Å². The van der Waals surface area contributed by atoms with Crippen molar-refractivity contribution in [3.05, 3.63) is 24.3 Å². The van der Waals surface area contributed by atoms with Gasteiger partial charge in [-0.3, -0.25) is 0 Å². The molecule has 0 aromatic heterocycles. The lowest BCUT2D eigenvalue weighted by atomic mass is 10.2. The van der Waals surface area contributed by atoms with Gasteiger partial charge in [0.25, 0.3) is 0 Å². The molecule has 5 heteroatoms. The number of aromatic hydroxyl groups is 1. The highest BCUT2D eigenvalue weighted by atomic mass is 16.6. The van der Waals surface area contributed by atoms with Crippen molar-refractivity contribution in [1.82, 2.24) is 4.90 Å². The number of likely N-dealkylation sites (tertiary alicyclic amines) is 1. The molecule has 1 aliphatic rings. The zero-order chi connectivity index (χ0) is 14.5. The van der Waals surface area contributed by atoms with E-state index >= 15 is 0 Å². The molecule has 0 radical (unpaired) electrons. The average molecular weight is 279 g/mol. The molecule has 2 rings (SSSR count). The van der Waals surface area contributed by atoms with Crippen LogP contribution in [0.5, 0.6) is 11.5 Å². The Morgan fingerprint density at radius 2 is 2.10 bits per heavy atom. The molecule has 1 N–H and O–H groups in total. The van der Waals surface area contributed by atoms with E-state index in [4.69, 9.17) is 9.47 Å². The summed E-state index contributed by atoms with van der Waals surface area (Å²) in [5.41, 5.74) is 0. The Bertz CT molecular complexity index is 444. The first kappa shape index (κ1) is 14.5. The molecule has 1 aliphatic heterocycles. The molecule has 1 fully saturated rings. The minimum atomic E-state index is -0.267. The van der Waals surface area contributed by atoms with Crippen molar-refractivity contribution in [3.63, 3.8) is 0 Å². The van der Waals surface area contributed by atoms with E-state index in [1.54, 1.807) is 29.2 Å². The van der Waals surface area contributed by atoms with Gasteiger partial charge in [-0.15, -0.1) is 0 Å². The molecule has 20 heavy (non-hydrogen) atoms. The van der Waals surface area contributed by atoms with Crippen molar-refractivity contribution < 1.29 is 19.4 Å². The van der Waals surface area contributed by atoms with Crippen LogP contribution in [0.1, 0.15) is 26.7 Å². The van der Waals surface area contributed by atoms with Gasteiger partial charge in [0, 0.05) is 6.54 Å². The van der Waals surface area contributed by atoms with Gasteiger partial charge < -0.3 is 19.5 Å². The summed E-state index contributed by atoms with van der Waals surface area (Å²) in [6.45, 7) is 4.85. The topological polar surface area (TPSA) is 59.0 Å². The Labute approximate surface area is 119 Å². The van der Waals surface area contributed by atoms with E-state index in [0.29, 0.717) is 12.4 Å². The van der Waals surface area contributed by atoms with E-state index in [1.807, 2.05) is 13.8 Å². The number of phenols is 1. The molecule has 1 unspecified atom stereocenters. The van der Waals surface area contributed by atoms with Crippen molar-refractivity contribution in [1.29, 1.82) is 0 Å². The maximum atomic E-state index is 11.9. The molecule has 1 heterocycles. The molecule has 1 aromatic carbocycles. The van der Waals surface area contributed by atoms with Crippen molar-refractivity contribution in [2.45, 2.75) is 38.8 Å². The first-order chi connectivity index (χ1) is 9.56. The van der Waals surface area contributed by atoms with Gasteiger partial charge in [-0.1, -0.05) is 0 Å². The van der Waals surface area contributed by atoms with Gasteiger partial charge in [-0.25, -0.2) is 4.79 Å². The normalized spacial score (nSPS) is 18.4. The number of amides is 1. The number of carbonyl (C=O) groups is 1. The van der Waals surface area contributed by atoms with Crippen LogP contribution >= 0.6 is 0 Å².